The maximum atomic E-state index is 12.5. The molecule has 0 saturated carbocycles. The monoisotopic (exact) mass is 330 g/mol. The van der Waals surface area contributed by atoms with Crippen molar-refractivity contribution < 1.29 is 9.90 Å². The van der Waals surface area contributed by atoms with Crippen LogP contribution >= 0.6 is 11.6 Å². The molecule has 3 rings (SSSR count). The van der Waals surface area contributed by atoms with Gasteiger partial charge in [-0.05, 0) is 23.8 Å². The Morgan fingerprint density at radius 1 is 1.04 bits per heavy atom. The van der Waals surface area contributed by atoms with Crippen molar-refractivity contribution in [3.8, 4) is 5.75 Å². The Bertz CT molecular complexity index is 683. The van der Waals surface area contributed by atoms with Crippen LogP contribution in [0, 0.1) is 0 Å². The van der Waals surface area contributed by atoms with E-state index in [4.69, 9.17) is 11.6 Å². The highest BCUT2D eigenvalue weighted by Gasteiger charge is 2.24. The van der Waals surface area contributed by atoms with Gasteiger partial charge in [0.1, 0.15) is 5.75 Å². The van der Waals surface area contributed by atoms with Crippen LogP contribution in [-0.4, -0.2) is 47.0 Å². The lowest BCUT2D eigenvalue weighted by Gasteiger charge is -2.34. The molecule has 2 aromatic rings. The van der Waals surface area contributed by atoms with Gasteiger partial charge in [-0.25, -0.2) is 0 Å². The molecule has 0 aliphatic carbocycles. The van der Waals surface area contributed by atoms with Crippen LogP contribution in [0.25, 0.3) is 0 Å². The second-order valence-electron chi connectivity index (χ2n) is 5.72. The van der Waals surface area contributed by atoms with Crippen molar-refractivity contribution in [2.75, 3.05) is 26.2 Å². The third kappa shape index (κ3) is 3.84. The van der Waals surface area contributed by atoms with E-state index in [2.05, 4.69) is 17.0 Å². The van der Waals surface area contributed by atoms with E-state index in [1.54, 1.807) is 11.0 Å². The molecule has 1 N–H and O–H groups in total. The summed E-state index contributed by atoms with van der Waals surface area (Å²) in [6.45, 7) is 3.84. The third-order valence-electron chi connectivity index (χ3n) is 4.10. The number of amides is 1. The number of phenolic OH excluding ortho intramolecular Hbond substituents is 1. The molecule has 0 unspecified atom stereocenters. The summed E-state index contributed by atoms with van der Waals surface area (Å²) in [5.41, 5.74) is 1.55. The van der Waals surface area contributed by atoms with Gasteiger partial charge < -0.3 is 10.0 Å². The summed E-state index contributed by atoms with van der Waals surface area (Å²) < 4.78 is 0. The second-order valence-corrected chi connectivity index (χ2v) is 6.15. The van der Waals surface area contributed by atoms with Gasteiger partial charge in [0.05, 0.1) is 5.56 Å². The summed E-state index contributed by atoms with van der Waals surface area (Å²) in [7, 11) is 0. The van der Waals surface area contributed by atoms with Crippen molar-refractivity contribution in [3.05, 3.63) is 64.7 Å². The van der Waals surface area contributed by atoms with E-state index in [0.717, 1.165) is 19.6 Å². The lowest BCUT2D eigenvalue weighted by Crippen LogP contribution is -2.48. The van der Waals surface area contributed by atoms with Gasteiger partial charge in [-0.3, -0.25) is 9.69 Å². The summed E-state index contributed by atoms with van der Waals surface area (Å²) in [5.74, 6) is -0.185. The summed E-state index contributed by atoms with van der Waals surface area (Å²) in [6.07, 6.45) is 0. The number of piperazine rings is 1. The number of carbonyl (C=O) groups excluding carboxylic acids is 1. The maximum Gasteiger partial charge on any atom is 0.257 e. The lowest BCUT2D eigenvalue weighted by molar-refractivity contribution is 0.0625. The van der Waals surface area contributed by atoms with Crippen molar-refractivity contribution >= 4 is 17.5 Å². The van der Waals surface area contributed by atoms with Crippen LogP contribution in [0.5, 0.6) is 5.75 Å². The van der Waals surface area contributed by atoms with E-state index in [9.17, 15) is 9.90 Å². The minimum absolute atomic E-state index is 0.0221. The minimum Gasteiger partial charge on any atom is -0.507 e. The van der Waals surface area contributed by atoms with E-state index < -0.39 is 0 Å². The molecule has 1 aliphatic heterocycles. The Morgan fingerprint density at radius 2 is 1.74 bits per heavy atom. The predicted molar refractivity (Wildman–Crippen MR) is 90.7 cm³/mol. The number of halogens is 1. The van der Waals surface area contributed by atoms with Gasteiger partial charge in [-0.15, -0.1) is 0 Å². The SMILES string of the molecule is O=C(c1cc(Cl)ccc1O)N1CCN(Cc2ccccc2)CC1. The molecule has 120 valence electrons. The van der Waals surface area contributed by atoms with Gasteiger partial charge in [0.2, 0.25) is 0 Å². The van der Waals surface area contributed by atoms with Crippen LogP contribution in [0.4, 0.5) is 0 Å². The Morgan fingerprint density at radius 3 is 2.43 bits per heavy atom. The van der Waals surface area contributed by atoms with Crippen LogP contribution in [0.1, 0.15) is 15.9 Å². The topological polar surface area (TPSA) is 43.8 Å². The predicted octanol–water partition coefficient (Wildman–Crippen LogP) is 3.00. The number of hydrogen-bond donors (Lipinski definition) is 1. The van der Waals surface area contributed by atoms with E-state index in [0.29, 0.717) is 18.1 Å². The number of aromatic hydroxyl groups is 1. The van der Waals surface area contributed by atoms with Gasteiger partial charge in [0, 0.05) is 37.7 Å². The van der Waals surface area contributed by atoms with Crippen LogP contribution in [0.2, 0.25) is 5.02 Å². The quantitative estimate of drug-likeness (QED) is 0.941. The molecular weight excluding hydrogens is 312 g/mol. The van der Waals surface area contributed by atoms with Gasteiger partial charge in [0.25, 0.3) is 5.91 Å². The highest BCUT2D eigenvalue weighted by atomic mass is 35.5. The van der Waals surface area contributed by atoms with E-state index >= 15 is 0 Å². The number of benzene rings is 2. The normalized spacial score (nSPS) is 15.6. The largest absolute Gasteiger partial charge is 0.507 e. The second kappa shape index (κ2) is 7.02. The molecule has 0 atom stereocenters. The fourth-order valence-corrected chi connectivity index (χ4v) is 2.97. The molecule has 23 heavy (non-hydrogen) atoms. The molecule has 0 bridgehead atoms. The Hall–Kier alpha value is -2.04. The number of rotatable bonds is 3. The van der Waals surface area contributed by atoms with Crippen molar-refractivity contribution in [1.29, 1.82) is 0 Å². The zero-order valence-corrected chi connectivity index (χ0v) is 13.5. The average molecular weight is 331 g/mol. The van der Waals surface area contributed by atoms with E-state index in [1.165, 1.54) is 17.7 Å². The molecule has 0 aromatic heterocycles. The average Bonchev–Trinajstić information content (AvgIpc) is 2.58. The van der Waals surface area contributed by atoms with Crippen molar-refractivity contribution in [1.82, 2.24) is 9.80 Å². The summed E-state index contributed by atoms with van der Waals surface area (Å²) in [6, 6.07) is 14.9. The first kappa shape index (κ1) is 15.8. The first-order valence-electron chi connectivity index (χ1n) is 7.67. The highest BCUT2D eigenvalue weighted by molar-refractivity contribution is 6.31. The fraction of sp³-hybridized carbons (Fsp3) is 0.278. The van der Waals surface area contributed by atoms with Gasteiger partial charge in [0.15, 0.2) is 0 Å². The standard InChI is InChI=1S/C18H19ClN2O2/c19-15-6-7-17(22)16(12-15)18(23)21-10-8-20(9-11-21)13-14-4-2-1-3-5-14/h1-7,12,22H,8-11,13H2. The van der Waals surface area contributed by atoms with Gasteiger partial charge >= 0.3 is 0 Å². The van der Waals surface area contributed by atoms with E-state index in [1.807, 2.05) is 18.2 Å². The number of nitrogens with zero attached hydrogens (tertiary/aromatic N) is 2. The molecule has 1 amide bonds. The zero-order valence-electron chi connectivity index (χ0n) is 12.8. The smallest absolute Gasteiger partial charge is 0.257 e. The lowest BCUT2D eigenvalue weighted by atomic mass is 10.1. The molecule has 1 saturated heterocycles. The minimum atomic E-state index is -0.163. The summed E-state index contributed by atoms with van der Waals surface area (Å²) in [4.78, 5) is 16.6. The van der Waals surface area contributed by atoms with Crippen molar-refractivity contribution in [3.63, 3.8) is 0 Å². The molecule has 0 spiro atoms. The molecule has 4 nitrogen and oxygen atoms in total. The van der Waals surface area contributed by atoms with Crippen LogP contribution in [0.15, 0.2) is 48.5 Å². The Labute approximate surface area is 140 Å². The molecule has 0 radical (unpaired) electrons. The number of carbonyl (C=O) groups is 1. The van der Waals surface area contributed by atoms with Crippen LogP contribution in [-0.2, 0) is 6.54 Å². The van der Waals surface area contributed by atoms with Crippen molar-refractivity contribution in [2.45, 2.75) is 6.54 Å². The zero-order chi connectivity index (χ0) is 16.2. The molecule has 5 heteroatoms. The summed E-state index contributed by atoms with van der Waals surface area (Å²) >= 11 is 5.92. The highest BCUT2D eigenvalue weighted by Crippen LogP contribution is 2.23. The molecule has 1 fully saturated rings. The van der Waals surface area contributed by atoms with Crippen molar-refractivity contribution in [2.24, 2.45) is 0 Å². The molecule has 1 aliphatic rings. The Balaban J connectivity index is 1.60. The molecular formula is C18H19ClN2O2. The third-order valence-corrected chi connectivity index (χ3v) is 4.33. The van der Waals surface area contributed by atoms with Crippen LogP contribution in [0.3, 0.4) is 0 Å². The maximum absolute atomic E-state index is 12.5. The summed E-state index contributed by atoms with van der Waals surface area (Å²) in [5, 5.41) is 10.3. The number of hydrogen-bond acceptors (Lipinski definition) is 3. The van der Waals surface area contributed by atoms with E-state index in [-0.39, 0.29) is 17.2 Å². The molecule has 2 aromatic carbocycles. The number of phenols is 1. The van der Waals surface area contributed by atoms with Gasteiger partial charge in [-0.1, -0.05) is 41.9 Å². The first-order valence-corrected chi connectivity index (χ1v) is 8.05. The molecule has 1 heterocycles. The van der Waals surface area contributed by atoms with Crippen LogP contribution < -0.4 is 0 Å². The fourth-order valence-electron chi connectivity index (χ4n) is 2.80. The van der Waals surface area contributed by atoms with Gasteiger partial charge in [-0.2, -0.15) is 0 Å². The first-order chi connectivity index (χ1) is 11.1. The Kier molecular flexibility index (Phi) is 4.84.